The second-order valence-electron chi connectivity index (χ2n) is 19.2. The van der Waals surface area contributed by atoms with Crippen LogP contribution in [0.4, 0.5) is 0 Å². The molecule has 0 radical (unpaired) electrons. The fourth-order valence-corrected chi connectivity index (χ4v) is 11.4. The number of benzene rings is 10. The molecule has 74 heavy (non-hydrogen) atoms. The summed E-state index contributed by atoms with van der Waals surface area (Å²) in [4.78, 5) is 10.8. The molecular formula is C70H47N3O. The summed E-state index contributed by atoms with van der Waals surface area (Å²) in [5, 5.41) is 3.34. The van der Waals surface area contributed by atoms with Crippen LogP contribution in [0.15, 0.2) is 271 Å². The van der Waals surface area contributed by atoms with Gasteiger partial charge >= 0.3 is 0 Å². The first-order valence-electron chi connectivity index (χ1n) is 25.4. The van der Waals surface area contributed by atoms with E-state index in [0.717, 1.165) is 88.9 Å². The molecule has 0 N–H and O–H groups in total. The molecule has 0 bridgehead atoms. The Morgan fingerprint density at radius 2 is 0.838 bits per heavy atom. The number of fused-ring (bicyclic) bond motifs is 6. The van der Waals surface area contributed by atoms with Gasteiger partial charge in [-0.3, -0.25) is 0 Å². The Balaban J connectivity index is 1.18. The molecule has 0 saturated carbocycles. The third-order valence-corrected chi connectivity index (χ3v) is 14.8. The molecule has 10 aromatic carbocycles. The summed E-state index contributed by atoms with van der Waals surface area (Å²) in [5.41, 5.74) is 21.3. The number of hydrogen-bond donors (Lipinski definition) is 0. The molecule has 4 heteroatoms. The van der Waals surface area contributed by atoms with E-state index in [1.165, 1.54) is 33.2 Å². The second-order valence-corrected chi connectivity index (χ2v) is 19.2. The largest absolute Gasteiger partial charge is 0.452 e. The van der Waals surface area contributed by atoms with Crippen molar-refractivity contribution in [1.82, 2.24) is 14.5 Å². The second kappa shape index (κ2) is 18.2. The molecule has 1 atom stereocenters. The third kappa shape index (κ3) is 7.46. The highest BCUT2D eigenvalue weighted by molar-refractivity contribution is 6.22. The molecule has 13 aromatic rings. The summed E-state index contributed by atoms with van der Waals surface area (Å²) in [5.74, 6) is 0.508. The lowest BCUT2D eigenvalue weighted by Gasteiger charge is -2.32. The number of furan rings is 1. The SMILES string of the molecule is C1=C(c2nc(-c3ccccc3)nc3c2oc2ccccc23)CC(c2ccccc2)C(n2c3c(-c4ccccc4)cc(-c4ccccc4)cc3c3cc(-c4ccccc4)cc(-c4ccccc4)c32)=C1c1ccccc1. The third-order valence-electron chi connectivity index (χ3n) is 14.8. The maximum Gasteiger partial charge on any atom is 0.179 e. The van der Waals surface area contributed by atoms with E-state index in [1.807, 2.05) is 18.2 Å². The normalized spacial score (nSPS) is 13.8. The first-order chi connectivity index (χ1) is 36.7. The van der Waals surface area contributed by atoms with Gasteiger partial charge in [-0.05, 0) is 99.0 Å². The van der Waals surface area contributed by atoms with Crippen LogP contribution in [0.2, 0.25) is 0 Å². The summed E-state index contributed by atoms with van der Waals surface area (Å²) in [7, 11) is 0. The molecule has 0 saturated heterocycles. The summed E-state index contributed by atoms with van der Waals surface area (Å²) >= 11 is 0. The molecule has 1 aliphatic carbocycles. The average molecular weight is 946 g/mol. The minimum atomic E-state index is -0.158. The Bertz CT molecular complexity index is 4140. The molecule has 1 aliphatic rings. The minimum Gasteiger partial charge on any atom is -0.452 e. The molecule has 0 amide bonds. The fraction of sp³-hybridized carbons (Fsp3) is 0.0286. The summed E-state index contributed by atoms with van der Waals surface area (Å²) in [6.45, 7) is 0. The molecule has 1 unspecified atom stereocenters. The lowest BCUT2D eigenvalue weighted by atomic mass is 9.79. The van der Waals surface area contributed by atoms with Crippen molar-refractivity contribution in [3.63, 3.8) is 0 Å². The first-order valence-corrected chi connectivity index (χ1v) is 25.4. The number of aromatic nitrogens is 3. The van der Waals surface area contributed by atoms with Crippen molar-refractivity contribution >= 4 is 60.7 Å². The summed E-state index contributed by atoms with van der Waals surface area (Å²) in [6, 6.07) is 93.8. The van der Waals surface area contributed by atoms with Gasteiger partial charge in [-0.1, -0.05) is 224 Å². The van der Waals surface area contributed by atoms with Gasteiger partial charge in [0.25, 0.3) is 0 Å². The molecule has 0 aliphatic heterocycles. The molecule has 3 heterocycles. The average Bonchev–Trinajstić information content (AvgIpc) is 4.03. The van der Waals surface area contributed by atoms with Crippen molar-refractivity contribution in [3.05, 3.63) is 284 Å². The van der Waals surface area contributed by atoms with Crippen molar-refractivity contribution in [2.75, 3.05) is 0 Å². The standard InChI is InChI=1S/C70H47N3O/c1-8-24-46(25-9-1)53-40-57(48-28-12-3-13-29-48)67-61(42-53)62-43-54(47-26-10-2-11-27-47)41-58(49-30-14-4-15-31-49)68(62)73(67)66-59(50-32-16-5-17-33-50)44-55(45-60(66)51-34-18-6-19-35-51)64-69-65(56-38-22-23-39-63(56)74-69)72-70(71-64)52-36-20-7-21-37-52/h1-44,60H,45H2. The number of para-hydroxylation sites is 1. The number of nitrogens with zero attached hydrogens (tertiary/aromatic N) is 3. The van der Waals surface area contributed by atoms with Crippen molar-refractivity contribution in [2.45, 2.75) is 12.3 Å². The van der Waals surface area contributed by atoms with Gasteiger partial charge in [0.1, 0.15) is 16.8 Å². The Morgan fingerprint density at radius 1 is 0.392 bits per heavy atom. The Hall–Kier alpha value is -9.64. The van der Waals surface area contributed by atoms with E-state index in [4.69, 9.17) is 14.4 Å². The summed E-state index contributed by atoms with van der Waals surface area (Å²) in [6.07, 6.45) is 3.05. The monoisotopic (exact) mass is 945 g/mol. The molecule has 348 valence electrons. The molecule has 4 nitrogen and oxygen atoms in total. The van der Waals surface area contributed by atoms with Gasteiger partial charge in [-0.2, -0.15) is 0 Å². The zero-order valence-electron chi connectivity index (χ0n) is 40.4. The van der Waals surface area contributed by atoms with E-state index in [0.29, 0.717) is 17.8 Å². The topological polar surface area (TPSA) is 43.9 Å². The maximum absolute atomic E-state index is 6.86. The van der Waals surface area contributed by atoms with Crippen LogP contribution in [-0.2, 0) is 0 Å². The van der Waals surface area contributed by atoms with Crippen LogP contribution < -0.4 is 0 Å². The van der Waals surface area contributed by atoms with Crippen LogP contribution in [0.5, 0.6) is 0 Å². The number of allylic oxidation sites excluding steroid dienone is 4. The van der Waals surface area contributed by atoms with Crippen molar-refractivity contribution in [3.8, 4) is 55.9 Å². The molecule has 0 fully saturated rings. The van der Waals surface area contributed by atoms with Gasteiger partial charge in [0, 0.05) is 50.0 Å². The smallest absolute Gasteiger partial charge is 0.179 e. The van der Waals surface area contributed by atoms with E-state index in [2.05, 4.69) is 253 Å². The van der Waals surface area contributed by atoms with Crippen molar-refractivity contribution in [1.29, 1.82) is 0 Å². The fourth-order valence-electron chi connectivity index (χ4n) is 11.4. The van der Waals surface area contributed by atoms with Gasteiger partial charge in [0.05, 0.1) is 11.0 Å². The van der Waals surface area contributed by atoms with E-state index >= 15 is 0 Å². The molecule has 0 spiro atoms. The molecule has 14 rings (SSSR count). The zero-order chi connectivity index (χ0) is 49.0. The Kier molecular flexibility index (Phi) is 10.6. The van der Waals surface area contributed by atoms with E-state index in [1.54, 1.807) is 0 Å². The van der Waals surface area contributed by atoms with Gasteiger partial charge in [-0.15, -0.1) is 0 Å². The predicted molar refractivity (Wildman–Crippen MR) is 307 cm³/mol. The maximum atomic E-state index is 6.86. The van der Waals surface area contributed by atoms with E-state index in [-0.39, 0.29) is 5.92 Å². The van der Waals surface area contributed by atoms with Crippen LogP contribution >= 0.6 is 0 Å². The lowest BCUT2D eigenvalue weighted by Crippen LogP contribution is -2.16. The highest BCUT2D eigenvalue weighted by atomic mass is 16.3. The van der Waals surface area contributed by atoms with Crippen LogP contribution in [0.1, 0.15) is 29.2 Å². The van der Waals surface area contributed by atoms with Crippen LogP contribution in [0.3, 0.4) is 0 Å². The van der Waals surface area contributed by atoms with Gasteiger partial charge in [0.15, 0.2) is 11.4 Å². The predicted octanol–water partition coefficient (Wildman–Crippen LogP) is 18.5. The van der Waals surface area contributed by atoms with Gasteiger partial charge in [0.2, 0.25) is 0 Å². The Labute approximate surface area is 429 Å². The van der Waals surface area contributed by atoms with E-state index < -0.39 is 0 Å². The molecule has 3 aromatic heterocycles. The number of rotatable bonds is 9. The van der Waals surface area contributed by atoms with Gasteiger partial charge < -0.3 is 8.98 Å². The van der Waals surface area contributed by atoms with Crippen molar-refractivity contribution < 1.29 is 4.42 Å². The highest BCUT2D eigenvalue weighted by Gasteiger charge is 2.34. The lowest BCUT2D eigenvalue weighted by molar-refractivity contribution is 0.663. The minimum absolute atomic E-state index is 0.158. The summed E-state index contributed by atoms with van der Waals surface area (Å²) < 4.78 is 9.53. The first kappa shape index (κ1) is 43.2. The molecular weight excluding hydrogens is 899 g/mol. The quantitative estimate of drug-likeness (QED) is 0.145. The Morgan fingerprint density at radius 3 is 1.36 bits per heavy atom. The van der Waals surface area contributed by atoms with E-state index in [9.17, 15) is 0 Å². The van der Waals surface area contributed by atoms with Gasteiger partial charge in [-0.25, -0.2) is 9.97 Å². The van der Waals surface area contributed by atoms with Crippen LogP contribution in [-0.4, -0.2) is 14.5 Å². The van der Waals surface area contributed by atoms with Crippen LogP contribution in [0, 0.1) is 0 Å². The van der Waals surface area contributed by atoms with Crippen molar-refractivity contribution in [2.24, 2.45) is 0 Å². The number of hydrogen-bond acceptors (Lipinski definition) is 3. The highest BCUT2D eigenvalue weighted by Crippen LogP contribution is 2.53. The van der Waals surface area contributed by atoms with Crippen LogP contribution in [0.25, 0.3) is 117 Å². The zero-order valence-corrected chi connectivity index (χ0v) is 40.4.